The lowest BCUT2D eigenvalue weighted by molar-refractivity contribution is 0.0240. The predicted molar refractivity (Wildman–Crippen MR) is 143 cm³/mol. The first-order valence-electron chi connectivity index (χ1n) is 12.4. The number of aromatic nitrogens is 2. The fourth-order valence-corrected chi connectivity index (χ4v) is 5.73. The first-order valence-corrected chi connectivity index (χ1v) is 13.9. The molecule has 3 heterocycles. The number of nitrogens with zero attached hydrogens (tertiary/aromatic N) is 5. The second-order valence-electron chi connectivity index (χ2n) is 10.3. The van der Waals surface area contributed by atoms with Crippen LogP contribution in [-0.4, -0.2) is 72.0 Å². The van der Waals surface area contributed by atoms with Crippen LogP contribution in [0.15, 0.2) is 48.5 Å². The molecule has 11 heteroatoms. The second kappa shape index (κ2) is 9.79. The average Bonchev–Trinajstić information content (AvgIpc) is 2.87. The Hall–Kier alpha value is -3.44. The number of ether oxygens (including phenoxy) is 1. The van der Waals surface area contributed by atoms with Gasteiger partial charge in [0.1, 0.15) is 5.60 Å². The van der Waals surface area contributed by atoms with Crippen LogP contribution in [0.1, 0.15) is 31.9 Å². The normalized spacial score (nSPS) is 16.9. The van der Waals surface area contributed by atoms with Gasteiger partial charge in [0.2, 0.25) is 5.95 Å². The summed E-state index contributed by atoms with van der Waals surface area (Å²) < 4.78 is 36.5. The molecule has 1 aromatic heterocycles. The Balaban J connectivity index is 1.36. The molecule has 5 rings (SSSR count). The first-order chi connectivity index (χ1) is 17.6. The molecule has 0 radical (unpaired) electrons. The molecular formula is C26H32N6O4S. The van der Waals surface area contributed by atoms with Gasteiger partial charge in [-0.3, -0.25) is 4.72 Å². The van der Waals surface area contributed by atoms with Gasteiger partial charge < -0.3 is 14.5 Å². The number of piperazine rings is 1. The summed E-state index contributed by atoms with van der Waals surface area (Å²) in [5.74, 6) is 0.665. The van der Waals surface area contributed by atoms with E-state index in [0.29, 0.717) is 62.5 Å². The summed E-state index contributed by atoms with van der Waals surface area (Å²) in [7, 11) is -3.85. The minimum atomic E-state index is -3.85. The lowest BCUT2D eigenvalue weighted by Gasteiger charge is -2.35. The van der Waals surface area contributed by atoms with Gasteiger partial charge in [0.25, 0.3) is 0 Å². The summed E-state index contributed by atoms with van der Waals surface area (Å²) in [5, 5.41) is 0.625. The summed E-state index contributed by atoms with van der Waals surface area (Å²) in [5.41, 5.74) is 2.27. The van der Waals surface area contributed by atoms with E-state index in [4.69, 9.17) is 9.72 Å². The molecule has 0 atom stereocenters. The Morgan fingerprint density at radius 2 is 1.59 bits per heavy atom. The lowest BCUT2D eigenvalue weighted by atomic mass is 10.0. The SMILES string of the molecule is CC(C)(C)OC(=O)N1CCN(c2nc(NS(=O)(=O)N3CCc4ccccc4C3)c3ccccc3n2)CC1. The maximum Gasteiger partial charge on any atom is 0.410 e. The molecule has 1 amide bonds. The zero-order chi connectivity index (χ0) is 26.2. The van der Waals surface area contributed by atoms with Crippen molar-refractivity contribution < 1.29 is 17.9 Å². The quantitative estimate of drug-likeness (QED) is 0.557. The van der Waals surface area contributed by atoms with Crippen molar-refractivity contribution in [2.75, 3.05) is 42.3 Å². The highest BCUT2D eigenvalue weighted by Gasteiger charge is 2.30. The molecule has 10 nitrogen and oxygen atoms in total. The van der Waals surface area contributed by atoms with Crippen LogP contribution >= 0.6 is 0 Å². The lowest BCUT2D eigenvalue weighted by Crippen LogP contribution is -2.50. The summed E-state index contributed by atoms with van der Waals surface area (Å²) in [6.45, 7) is 8.17. The highest BCUT2D eigenvalue weighted by molar-refractivity contribution is 7.90. The molecule has 3 aromatic rings. The van der Waals surface area contributed by atoms with Crippen molar-refractivity contribution >= 4 is 39.0 Å². The molecule has 2 aliphatic heterocycles. The van der Waals surface area contributed by atoms with Crippen LogP contribution < -0.4 is 9.62 Å². The van der Waals surface area contributed by atoms with Gasteiger partial charge in [0, 0.05) is 44.7 Å². The summed E-state index contributed by atoms with van der Waals surface area (Å²) in [6.07, 6.45) is 0.317. The van der Waals surface area contributed by atoms with Gasteiger partial charge in [0.05, 0.1) is 5.52 Å². The van der Waals surface area contributed by atoms with Gasteiger partial charge in [-0.2, -0.15) is 17.7 Å². The Bertz CT molecular complexity index is 1410. The van der Waals surface area contributed by atoms with Gasteiger partial charge in [-0.15, -0.1) is 0 Å². The molecular weight excluding hydrogens is 492 g/mol. The Kier molecular flexibility index (Phi) is 6.67. The topological polar surface area (TPSA) is 108 Å². The molecule has 0 spiro atoms. The number of benzene rings is 2. The Morgan fingerprint density at radius 1 is 0.919 bits per heavy atom. The molecule has 0 aliphatic carbocycles. The molecule has 0 unspecified atom stereocenters. The van der Waals surface area contributed by atoms with Crippen LogP contribution in [-0.2, 0) is 27.9 Å². The van der Waals surface area contributed by atoms with E-state index in [2.05, 4.69) is 9.71 Å². The van der Waals surface area contributed by atoms with E-state index in [-0.39, 0.29) is 11.9 Å². The van der Waals surface area contributed by atoms with E-state index in [1.807, 2.05) is 74.2 Å². The summed E-state index contributed by atoms with van der Waals surface area (Å²) >= 11 is 0. The molecule has 1 fully saturated rings. The summed E-state index contributed by atoms with van der Waals surface area (Å²) in [4.78, 5) is 25.4. The number of fused-ring (bicyclic) bond motifs is 2. The van der Waals surface area contributed by atoms with Crippen LogP contribution in [0.4, 0.5) is 16.6 Å². The van der Waals surface area contributed by atoms with E-state index in [1.165, 1.54) is 9.87 Å². The van der Waals surface area contributed by atoms with Gasteiger partial charge >= 0.3 is 16.3 Å². The van der Waals surface area contributed by atoms with E-state index < -0.39 is 15.8 Å². The minimum Gasteiger partial charge on any atom is -0.444 e. The van der Waals surface area contributed by atoms with Crippen LogP contribution in [0, 0.1) is 0 Å². The number of rotatable bonds is 4. The average molecular weight is 525 g/mol. The molecule has 1 saturated heterocycles. The van der Waals surface area contributed by atoms with E-state index in [9.17, 15) is 13.2 Å². The van der Waals surface area contributed by atoms with E-state index >= 15 is 0 Å². The number of hydrogen-bond donors (Lipinski definition) is 1. The molecule has 1 N–H and O–H groups in total. The number of amides is 1. The number of para-hydroxylation sites is 1. The third-order valence-electron chi connectivity index (χ3n) is 6.47. The van der Waals surface area contributed by atoms with Crippen molar-refractivity contribution in [3.05, 3.63) is 59.7 Å². The van der Waals surface area contributed by atoms with Crippen molar-refractivity contribution in [1.82, 2.24) is 19.2 Å². The fraction of sp³-hybridized carbons (Fsp3) is 0.423. The second-order valence-corrected chi connectivity index (χ2v) is 12.0. The van der Waals surface area contributed by atoms with Crippen LogP contribution in [0.5, 0.6) is 0 Å². The van der Waals surface area contributed by atoms with Crippen molar-refractivity contribution in [3.63, 3.8) is 0 Å². The molecule has 0 bridgehead atoms. The third kappa shape index (κ3) is 5.62. The number of hydrogen-bond acceptors (Lipinski definition) is 7. The molecule has 2 aromatic carbocycles. The van der Waals surface area contributed by atoms with Crippen molar-refractivity contribution in [2.24, 2.45) is 0 Å². The highest BCUT2D eigenvalue weighted by Crippen LogP contribution is 2.27. The van der Waals surface area contributed by atoms with Gasteiger partial charge in [-0.1, -0.05) is 36.4 Å². The monoisotopic (exact) mass is 524 g/mol. The molecule has 2 aliphatic rings. The number of carbonyl (C=O) groups is 1. The largest absolute Gasteiger partial charge is 0.444 e. The standard InChI is InChI=1S/C26H32N6O4S/c1-26(2,3)36-25(33)31-16-14-30(15-17-31)24-27-22-11-7-6-10-21(22)23(28-24)29-37(34,35)32-13-12-19-8-4-5-9-20(19)18-32/h4-11H,12-18H2,1-3H3,(H,27,28,29). The maximum absolute atomic E-state index is 13.4. The summed E-state index contributed by atoms with van der Waals surface area (Å²) in [6, 6.07) is 15.2. The van der Waals surface area contributed by atoms with Crippen molar-refractivity contribution in [2.45, 2.75) is 39.3 Å². The van der Waals surface area contributed by atoms with Gasteiger partial charge in [0.15, 0.2) is 5.82 Å². The van der Waals surface area contributed by atoms with Gasteiger partial charge in [-0.05, 0) is 50.5 Å². The maximum atomic E-state index is 13.4. The van der Waals surface area contributed by atoms with Crippen LogP contribution in [0.2, 0.25) is 0 Å². The molecule has 0 saturated carbocycles. The van der Waals surface area contributed by atoms with Crippen LogP contribution in [0.25, 0.3) is 10.9 Å². The fourth-order valence-electron chi connectivity index (χ4n) is 4.56. The molecule has 37 heavy (non-hydrogen) atoms. The zero-order valence-electron chi connectivity index (χ0n) is 21.3. The third-order valence-corrected chi connectivity index (χ3v) is 7.91. The van der Waals surface area contributed by atoms with Gasteiger partial charge in [-0.25, -0.2) is 9.78 Å². The number of anilines is 2. The minimum absolute atomic E-state index is 0.244. The number of carbonyl (C=O) groups excluding carboxylic acids is 1. The van der Waals surface area contributed by atoms with Crippen molar-refractivity contribution in [3.8, 4) is 0 Å². The van der Waals surface area contributed by atoms with E-state index in [0.717, 1.165) is 5.56 Å². The Labute approximate surface area is 217 Å². The number of nitrogens with one attached hydrogen (secondary N) is 1. The molecule has 196 valence electrons. The highest BCUT2D eigenvalue weighted by atomic mass is 32.2. The van der Waals surface area contributed by atoms with Crippen molar-refractivity contribution in [1.29, 1.82) is 0 Å². The van der Waals surface area contributed by atoms with Crippen LogP contribution in [0.3, 0.4) is 0 Å². The predicted octanol–water partition coefficient (Wildman–Crippen LogP) is 3.40. The zero-order valence-corrected chi connectivity index (χ0v) is 22.2. The first kappa shape index (κ1) is 25.2. The van der Waals surface area contributed by atoms with E-state index in [1.54, 1.807) is 4.90 Å². The Morgan fingerprint density at radius 3 is 2.32 bits per heavy atom. The smallest absolute Gasteiger partial charge is 0.410 e.